The normalized spacial score (nSPS) is 27.3. The van der Waals surface area contributed by atoms with E-state index in [1.807, 2.05) is 0 Å². The predicted molar refractivity (Wildman–Crippen MR) is 71.5 cm³/mol. The molecule has 0 aliphatic carbocycles. The van der Waals surface area contributed by atoms with E-state index < -0.39 is 0 Å². The predicted octanol–water partition coefficient (Wildman–Crippen LogP) is 1.81. The van der Waals surface area contributed by atoms with Gasteiger partial charge in [-0.15, -0.1) is 0 Å². The molecule has 1 fully saturated rings. The standard InChI is InChI=1S/C14H18FN3O/c1-3-18-11-5-4-9(15)6-10(11)17-13(18)14(2)8-19-7-12(14)16/h4-6,12H,3,7-8,16H2,1-2H3. The minimum Gasteiger partial charge on any atom is -0.379 e. The largest absolute Gasteiger partial charge is 0.379 e. The van der Waals surface area contributed by atoms with Gasteiger partial charge in [-0.05, 0) is 26.0 Å². The Bertz CT molecular complexity index is 624. The molecule has 4 nitrogen and oxygen atoms in total. The van der Waals surface area contributed by atoms with Crippen LogP contribution < -0.4 is 5.73 Å². The molecule has 1 aliphatic heterocycles. The van der Waals surface area contributed by atoms with Crippen LogP contribution in [0.4, 0.5) is 4.39 Å². The second-order valence-electron chi connectivity index (χ2n) is 5.35. The van der Waals surface area contributed by atoms with E-state index in [0.717, 1.165) is 17.9 Å². The van der Waals surface area contributed by atoms with Crippen LogP contribution in [0.2, 0.25) is 0 Å². The fraction of sp³-hybridized carbons (Fsp3) is 0.500. The number of nitrogens with zero attached hydrogens (tertiary/aromatic N) is 2. The van der Waals surface area contributed by atoms with Crippen LogP contribution in [-0.4, -0.2) is 28.8 Å². The van der Waals surface area contributed by atoms with E-state index in [1.54, 1.807) is 6.07 Å². The number of nitrogens with two attached hydrogens (primary N) is 1. The summed E-state index contributed by atoms with van der Waals surface area (Å²) in [5.74, 6) is 0.623. The van der Waals surface area contributed by atoms with Gasteiger partial charge in [-0.2, -0.15) is 0 Å². The second kappa shape index (κ2) is 4.28. The average molecular weight is 263 g/mol. The Balaban J connectivity index is 2.23. The number of imidazole rings is 1. The van der Waals surface area contributed by atoms with Crippen molar-refractivity contribution in [3.8, 4) is 0 Å². The molecule has 2 N–H and O–H groups in total. The maximum Gasteiger partial charge on any atom is 0.125 e. The maximum atomic E-state index is 13.3. The molecule has 2 aromatic rings. The summed E-state index contributed by atoms with van der Waals surface area (Å²) >= 11 is 0. The number of aromatic nitrogens is 2. The van der Waals surface area contributed by atoms with Gasteiger partial charge in [-0.3, -0.25) is 0 Å². The molecule has 3 rings (SSSR count). The summed E-state index contributed by atoms with van der Waals surface area (Å²) in [7, 11) is 0. The third kappa shape index (κ3) is 1.76. The van der Waals surface area contributed by atoms with E-state index in [4.69, 9.17) is 10.5 Å². The molecule has 0 amide bonds. The Morgan fingerprint density at radius 1 is 1.58 bits per heavy atom. The monoisotopic (exact) mass is 263 g/mol. The number of halogens is 1. The molecule has 5 heteroatoms. The molecule has 0 spiro atoms. The van der Waals surface area contributed by atoms with Gasteiger partial charge in [0.2, 0.25) is 0 Å². The first-order chi connectivity index (χ1) is 9.06. The highest BCUT2D eigenvalue weighted by molar-refractivity contribution is 5.76. The minimum atomic E-state index is -0.314. The van der Waals surface area contributed by atoms with Gasteiger partial charge in [0.15, 0.2) is 0 Å². The summed E-state index contributed by atoms with van der Waals surface area (Å²) in [6.45, 7) is 5.99. The first-order valence-electron chi connectivity index (χ1n) is 6.56. The topological polar surface area (TPSA) is 53.1 Å². The van der Waals surface area contributed by atoms with Crippen molar-refractivity contribution in [1.29, 1.82) is 0 Å². The summed E-state index contributed by atoms with van der Waals surface area (Å²) < 4.78 is 20.9. The number of ether oxygens (including phenoxy) is 1. The molecule has 2 atom stereocenters. The van der Waals surface area contributed by atoms with Crippen LogP contribution >= 0.6 is 0 Å². The van der Waals surface area contributed by atoms with Crippen LogP contribution in [0, 0.1) is 5.82 Å². The lowest BCUT2D eigenvalue weighted by Gasteiger charge is -2.26. The van der Waals surface area contributed by atoms with Crippen LogP contribution in [0.1, 0.15) is 19.7 Å². The third-order valence-electron chi connectivity index (χ3n) is 4.06. The number of aryl methyl sites for hydroxylation is 1. The summed E-state index contributed by atoms with van der Waals surface area (Å²) in [6, 6.07) is 4.62. The number of hydrogen-bond acceptors (Lipinski definition) is 3. The van der Waals surface area contributed by atoms with Crippen molar-refractivity contribution in [1.82, 2.24) is 9.55 Å². The fourth-order valence-corrected chi connectivity index (χ4v) is 2.78. The Hall–Kier alpha value is -1.46. The van der Waals surface area contributed by atoms with E-state index in [2.05, 4.69) is 23.4 Å². The van der Waals surface area contributed by atoms with Gasteiger partial charge in [0.05, 0.1) is 29.7 Å². The van der Waals surface area contributed by atoms with Crippen molar-refractivity contribution >= 4 is 11.0 Å². The smallest absolute Gasteiger partial charge is 0.125 e. The highest BCUT2D eigenvalue weighted by atomic mass is 19.1. The van der Waals surface area contributed by atoms with E-state index in [-0.39, 0.29) is 17.3 Å². The molecule has 2 heterocycles. The molecule has 1 aromatic carbocycles. The van der Waals surface area contributed by atoms with Crippen LogP contribution in [0.25, 0.3) is 11.0 Å². The molecule has 2 unspecified atom stereocenters. The Morgan fingerprint density at radius 2 is 2.37 bits per heavy atom. The second-order valence-corrected chi connectivity index (χ2v) is 5.35. The third-order valence-corrected chi connectivity index (χ3v) is 4.06. The van der Waals surface area contributed by atoms with E-state index in [1.165, 1.54) is 12.1 Å². The van der Waals surface area contributed by atoms with Gasteiger partial charge in [-0.1, -0.05) is 0 Å². The van der Waals surface area contributed by atoms with E-state index in [9.17, 15) is 4.39 Å². The van der Waals surface area contributed by atoms with Gasteiger partial charge in [0.25, 0.3) is 0 Å². The molecule has 102 valence electrons. The lowest BCUT2D eigenvalue weighted by Crippen LogP contribution is -2.43. The number of rotatable bonds is 2. The molecule has 0 saturated carbocycles. The Morgan fingerprint density at radius 3 is 3.00 bits per heavy atom. The Labute approximate surface area is 111 Å². The zero-order valence-corrected chi connectivity index (χ0v) is 11.2. The van der Waals surface area contributed by atoms with Gasteiger partial charge >= 0.3 is 0 Å². The zero-order chi connectivity index (χ0) is 13.6. The zero-order valence-electron chi connectivity index (χ0n) is 11.2. The molecule has 1 aliphatic rings. The van der Waals surface area contributed by atoms with Crippen LogP contribution in [0.3, 0.4) is 0 Å². The number of fused-ring (bicyclic) bond motifs is 1. The fourth-order valence-electron chi connectivity index (χ4n) is 2.78. The van der Waals surface area contributed by atoms with Crippen molar-refractivity contribution in [2.45, 2.75) is 31.8 Å². The molecule has 0 radical (unpaired) electrons. The van der Waals surface area contributed by atoms with Crippen LogP contribution in [-0.2, 0) is 16.7 Å². The van der Waals surface area contributed by atoms with E-state index >= 15 is 0 Å². The molecule has 1 saturated heterocycles. The Kier molecular flexibility index (Phi) is 2.83. The summed E-state index contributed by atoms with van der Waals surface area (Å²) in [4.78, 5) is 4.61. The number of benzene rings is 1. The van der Waals surface area contributed by atoms with Gasteiger partial charge < -0.3 is 15.0 Å². The van der Waals surface area contributed by atoms with Gasteiger partial charge in [-0.25, -0.2) is 9.37 Å². The summed E-state index contributed by atoms with van der Waals surface area (Å²) in [6.07, 6.45) is 0. The molecule has 19 heavy (non-hydrogen) atoms. The molecule has 1 aromatic heterocycles. The molecule has 0 bridgehead atoms. The van der Waals surface area contributed by atoms with Crippen LogP contribution in [0.5, 0.6) is 0 Å². The van der Waals surface area contributed by atoms with Gasteiger partial charge in [0, 0.05) is 18.7 Å². The van der Waals surface area contributed by atoms with Crippen molar-refractivity contribution in [2.24, 2.45) is 5.73 Å². The average Bonchev–Trinajstić information content (AvgIpc) is 2.91. The highest BCUT2D eigenvalue weighted by Gasteiger charge is 2.43. The van der Waals surface area contributed by atoms with Gasteiger partial charge in [0.1, 0.15) is 11.6 Å². The van der Waals surface area contributed by atoms with Crippen LogP contribution in [0.15, 0.2) is 18.2 Å². The quantitative estimate of drug-likeness (QED) is 0.899. The molecular formula is C14H18FN3O. The first kappa shape index (κ1) is 12.6. The lowest BCUT2D eigenvalue weighted by atomic mass is 9.85. The summed E-state index contributed by atoms with van der Waals surface area (Å²) in [5.41, 5.74) is 7.48. The SMILES string of the molecule is CCn1c(C2(C)COCC2N)nc2cc(F)ccc21. The minimum absolute atomic E-state index is 0.0838. The lowest BCUT2D eigenvalue weighted by molar-refractivity contribution is 0.177. The van der Waals surface area contributed by atoms with Crippen molar-refractivity contribution < 1.29 is 9.13 Å². The highest BCUT2D eigenvalue weighted by Crippen LogP contribution is 2.33. The first-order valence-corrected chi connectivity index (χ1v) is 6.56. The molecular weight excluding hydrogens is 245 g/mol. The van der Waals surface area contributed by atoms with Crippen molar-refractivity contribution in [3.63, 3.8) is 0 Å². The van der Waals surface area contributed by atoms with Crippen molar-refractivity contribution in [3.05, 3.63) is 29.8 Å². The van der Waals surface area contributed by atoms with E-state index in [0.29, 0.717) is 18.7 Å². The van der Waals surface area contributed by atoms with Crippen molar-refractivity contribution in [2.75, 3.05) is 13.2 Å². The maximum absolute atomic E-state index is 13.3. The number of hydrogen-bond donors (Lipinski definition) is 1. The summed E-state index contributed by atoms with van der Waals surface area (Å²) in [5, 5.41) is 0.